The minimum absolute atomic E-state index is 0.312. The summed E-state index contributed by atoms with van der Waals surface area (Å²) in [6.45, 7) is 1.92. The fourth-order valence-corrected chi connectivity index (χ4v) is 2.23. The molecule has 0 atom stereocenters. The first-order chi connectivity index (χ1) is 9.55. The number of carbonyl (C=O) groups is 1. The van der Waals surface area contributed by atoms with E-state index in [1.54, 1.807) is 14.2 Å². The normalized spacial score (nSPS) is 10.6. The average molecular weight is 274 g/mol. The Bertz CT molecular complexity index is 653. The van der Waals surface area contributed by atoms with E-state index in [0.717, 1.165) is 22.2 Å². The Morgan fingerprint density at radius 1 is 1.20 bits per heavy atom. The number of pyridine rings is 1. The van der Waals surface area contributed by atoms with Crippen molar-refractivity contribution in [3.05, 3.63) is 29.5 Å². The highest BCUT2D eigenvalue weighted by atomic mass is 16.5. The number of primary amides is 1. The standard InChI is InChI=1S/C15H18N2O3/c1-9-6-10(4-5-15(16)18)11-7-13(19-2)14(20-3)8-12(11)17-9/h6-8H,4-5H2,1-3H3,(H2,16,18). The number of ether oxygens (including phenoxy) is 2. The zero-order valence-electron chi connectivity index (χ0n) is 11.9. The molecule has 20 heavy (non-hydrogen) atoms. The van der Waals surface area contributed by atoms with Gasteiger partial charge in [0.15, 0.2) is 11.5 Å². The second-order valence-electron chi connectivity index (χ2n) is 4.61. The van der Waals surface area contributed by atoms with Crippen LogP contribution in [0.2, 0.25) is 0 Å². The van der Waals surface area contributed by atoms with Crippen LogP contribution in [0, 0.1) is 6.92 Å². The average Bonchev–Trinajstić information content (AvgIpc) is 2.42. The van der Waals surface area contributed by atoms with E-state index in [9.17, 15) is 4.79 Å². The van der Waals surface area contributed by atoms with Gasteiger partial charge >= 0.3 is 0 Å². The van der Waals surface area contributed by atoms with Gasteiger partial charge in [0, 0.05) is 23.6 Å². The van der Waals surface area contributed by atoms with Gasteiger partial charge in [-0.25, -0.2) is 0 Å². The number of hydrogen-bond acceptors (Lipinski definition) is 4. The number of carbonyl (C=O) groups excluding carboxylic acids is 1. The Morgan fingerprint density at radius 2 is 1.85 bits per heavy atom. The van der Waals surface area contributed by atoms with Gasteiger partial charge in [0.05, 0.1) is 19.7 Å². The first kappa shape index (κ1) is 14.1. The van der Waals surface area contributed by atoms with Gasteiger partial charge in [0.2, 0.25) is 5.91 Å². The van der Waals surface area contributed by atoms with Crippen molar-refractivity contribution in [3.63, 3.8) is 0 Å². The van der Waals surface area contributed by atoms with Gasteiger partial charge in [-0.2, -0.15) is 0 Å². The first-order valence-electron chi connectivity index (χ1n) is 6.35. The third-order valence-corrected chi connectivity index (χ3v) is 3.17. The molecule has 0 bridgehead atoms. The molecule has 0 fully saturated rings. The molecule has 2 aromatic rings. The molecule has 106 valence electrons. The fraction of sp³-hybridized carbons (Fsp3) is 0.333. The molecule has 0 aliphatic heterocycles. The van der Waals surface area contributed by atoms with Crippen molar-refractivity contribution in [2.45, 2.75) is 19.8 Å². The molecule has 1 heterocycles. The van der Waals surface area contributed by atoms with Crippen LogP contribution in [0.5, 0.6) is 11.5 Å². The van der Waals surface area contributed by atoms with Crippen LogP contribution in [0.1, 0.15) is 17.7 Å². The van der Waals surface area contributed by atoms with Gasteiger partial charge in [0.25, 0.3) is 0 Å². The maximum Gasteiger partial charge on any atom is 0.217 e. The Balaban J connectivity index is 2.58. The number of hydrogen-bond donors (Lipinski definition) is 1. The minimum atomic E-state index is -0.312. The smallest absolute Gasteiger partial charge is 0.217 e. The van der Waals surface area contributed by atoms with E-state index in [1.807, 2.05) is 25.1 Å². The predicted octanol–water partition coefficient (Wildman–Crippen LogP) is 1.98. The van der Waals surface area contributed by atoms with Crippen LogP contribution < -0.4 is 15.2 Å². The molecule has 0 saturated carbocycles. The molecule has 0 aliphatic rings. The topological polar surface area (TPSA) is 74.4 Å². The molecule has 1 aromatic heterocycles. The van der Waals surface area contributed by atoms with E-state index in [0.29, 0.717) is 24.3 Å². The predicted molar refractivity (Wildman–Crippen MR) is 77.1 cm³/mol. The summed E-state index contributed by atoms with van der Waals surface area (Å²) in [5.74, 6) is 0.970. The SMILES string of the molecule is COc1cc2nc(C)cc(CCC(N)=O)c2cc1OC. The van der Waals surface area contributed by atoms with Crippen LogP contribution in [0.4, 0.5) is 0 Å². The van der Waals surface area contributed by atoms with Crippen LogP contribution in [0.3, 0.4) is 0 Å². The van der Waals surface area contributed by atoms with Crippen molar-refractivity contribution in [3.8, 4) is 11.5 Å². The number of benzene rings is 1. The molecule has 0 spiro atoms. The minimum Gasteiger partial charge on any atom is -0.493 e. The summed E-state index contributed by atoms with van der Waals surface area (Å²) in [6.07, 6.45) is 0.900. The van der Waals surface area contributed by atoms with Crippen LogP contribution >= 0.6 is 0 Å². The van der Waals surface area contributed by atoms with Gasteiger partial charge in [-0.1, -0.05) is 0 Å². The quantitative estimate of drug-likeness (QED) is 0.904. The van der Waals surface area contributed by atoms with E-state index >= 15 is 0 Å². The van der Waals surface area contributed by atoms with Crippen LogP contribution in [-0.4, -0.2) is 25.1 Å². The lowest BCUT2D eigenvalue weighted by molar-refractivity contribution is -0.117. The van der Waals surface area contributed by atoms with E-state index in [1.165, 1.54) is 0 Å². The molecule has 0 saturated heterocycles. The lowest BCUT2D eigenvalue weighted by Crippen LogP contribution is -2.11. The zero-order valence-corrected chi connectivity index (χ0v) is 11.9. The van der Waals surface area contributed by atoms with Gasteiger partial charge in [-0.3, -0.25) is 9.78 Å². The van der Waals surface area contributed by atoms with Crippen LogP contribution in [-0.2, 0) is 11.2 Å². The fourth-order valence-electron chi connectivity index (χ4n) is 2.23. The number of amides is 1. The molecule has 0 aliphatic carbocycles. The Hall–Kier alpha value is -2.30. The largest absolute Gasteiger partial charge is 0.493 e. The van der Waals surface area contributed by atoms with Crippen molar-refractivity contribution in [2.24, 2.45) is 5.73 Å². The molecule has 1 amide bonds. The second-order valence-corrected chi connectivity index (χ2v) is 4.61. The van der Waals surface area contributed by atoms with E-state index in [4.69, 9.17) is 15.2 Å². The number of aryl methyl sites for hydroxylation is 2. The molecule has 5 heteroatoms. The lowest BCUT2D eigenvalue weighted by Gasteiger charge is -2.12. The second kappa shape index (κ2) is 5.77. The highest BCUT2D eigenvalue weighted by Crippen LogP contribution is 2.33. The summed E-state index contributed by atoms with van der Waals surface area (Å²) in [6, 6.07) is 5.70. The molecule has 2 N–H and O–H groups in total. The van der Waals surface area contributed by atoms with Gasteiger partial charge in [0.1, 0.15) is 0 Å². The Kier molecular flexibility index (Phi) is 4.08. The van der Waals surface area contributed by atoms with Gasteiger partial charge in [-0.05, 0) is 31.0 Å². The highest BCUT2D eigenvalue weighted by Gasteiger charge is 2.11. The number of aromatic nitrogens is 1. The molecular formula is C15H18N2O3. The summed E-state index contributed by atoms with van der Waals surface area (Å²) >= 11 is 0. The van der Waals surface area contributed by atoms with E-state index < -0.39 is 0 Å². The van der Waals surface area contributed by atoms with Crippen molar-refractivity contribution in [1.29, 1.82) is 0 Å². The highest BCUT2D eigenvalue weighted by molar-refractivity contribution is 5.86. The molecule has 1 aromatic carbocycles. The number of nitrogens with two attached hydrogens (primary N) is 1. The molecule has 5 nitrogen and oxygen atoms in total. The van der Waals surface area contributed by atoms with Crippen molar-refractivity contribution >= 4 is 16.8 Å². The summed E-state index contributed by atoms with van der Waals surface area (Å²) in [5, 5.41) is 0.953. The monoisotopic (exact) mass is 274 g/mol. The molecular weight excluding hydrogens is 256 g/mol. The zero-order chi connectivity index (χ0) is 14.7. The number of rotatable bonds is 5. The van der Waals surface area contributed by atoms with Crippen molar-refractivity contribution < 1.29 is 14.3 Å². The van der Waals surface area contributed by atoms with Gasteiger partial charge in [-0.15, -0.1) is 0 Å². The Morgan fingerprint density at radius 3 is 2.45 bits per heavy atom. The van der Waals surface area contributed by atoms with E-state index in [-0.39, 0.29) is 5.91 Å². The third kappa shape index (κ3) is 2.82. The first-order valence-corrected chi connectivity index (χ1v) is 6.35. The van der Waals surface area contributed by atoms with Gasteiger partial charge < -0.3 is 15.2 Å². The summed E-state index contributed by atoms with van der Waals surface area (Å²) < 4.78 is 10.6. The maximum atomic E-state index is 11.0. The van der Waals surface area contributed by atoms with Crippen molar-refractivity contribution in [2.75, 3.05) is 14.2 Å². The maximum absolute atomic E-state index is 11.0. The van der Waals surface area contributed by atoms with Crippen LogP contribution in [0.25, 0.3) is 10.9 Å². The number of fused-ring (bicyclic) bond motifs is 1. The number of methoxy groups -OCH3 is 2. The molecule has 0 unspecified atom stereocenters. The van der Waals surface area contributed by atoms with Crippen LogP contribution in [0.15, 0.2) is 18.2 Å². The molecule has 2 rings (SSSR count). The summed E-state index contributed by atoms with van der Waals surface area (Å²) in [4.78, 5) is 15.5. The van der Waals surface area contributed by atoms with Crippen molar-refractivity contribution in [1.82, 2.24) is 4.98 Å². The third-order valence-electron chi connectivity index (χ3n) is 3.17. The summed E-state index contributed by atoms with van der Waals surface area (Å²) in [5.41, 5.74) is 7.97. The Labute approximate surface area is 117 Å². The number of nitrogens with zero attached hydrogens (tertiary/aromatic N) is 1. The van der Waals surface area contributed by atoms with E-state index in [2.05, 4.69) is 4.98 Å². The molecule has 0 radical (unpaired) electrons. The summed E-state index contributed by atoms with van der Waals surface area (Å²) in [7, 11) is 3.18. The lowest BCUT2D eigenvalue weighted by atomic mass is 10.0.